The Balaban J connectivity index is 1.64. The largest absolute Gasteiger partial charge is 0.497 e. The zero-order valence-electron chi connectivity index (χ0n) is 13.7. The Morgan fingerprint density at radius 2 is 2.08 bits per heavy atom. The van der Waals surface area contributed by atoms with Crippen LogP contribution in [0.3, 0.4) is 0 Å². The predicted molar refractivity (Wildman–Crippen MR) is 104 cm³/mol. The first-order chi connectivity index (χ1) is 11.7. The number of ether oxygens (including phenoxy) is 1. The summed E-state index contributed by atoms with van der Waals surface area (Å²) in [6, 6.07) is 16.3. The second-order valence-corrected chi connectivity index (χ2v) is 7.21. The van der Waals surface area contributed by atoms with Gasteiger partial charge >= 0.3 is 0 Å². The number of benzene rings is 2. The van der Waals surface area contributed by atoms with Crippen LogP contribution in [-0.2, 0) is 4.79 Å². The first-order valence-electron chi connectivity index (χ1n) is 8.09. The number of anilines is 1. The molecule has 3 rings (SSSR count). The molecule has 1 N–H and O–H groups in total. The molecule has 1 aliphatic heterocycles. The number of hydrogen-bond donors (Lipinski definition) is 1. The van der Waals surface area contributed by atoms with Gasteiger partial charge in [-0.25, -0.2) is 0 Å². The number of likely N-dealkylation sites (tertiary alicyclic amines) is 1. The molecule has 0 spiro atoms. The van der Waals surface area contributed by atoms with Crippen molar-refractivity contribution in [1.29, 1.82) is 0 Å². The summed E-state index contributed by atoms with van der Waals surface area (Å²) in [6.07, 6.45) is 2.18. The van der Waals surface area contributed by atoms with Gasteiger partial charge in [0, 0.05) is 15.3 Å². The topological polar surface area (TPSA) is 41.6 Å². The molecule has 2 aromatic carbocycles. The lowest BCUT2D eigenvalue weighted by Crippen LogP contribution is -2.32. The summed E-state index contributed by atoms with van der Waals surface area (Å²) in [5.74, 6) is 0.897. The number of carbonyl (C=O) groups excluding carboxylic acids is 1. The van der Waals surface area contributed by atoms with Gasteiger partial charge in [-0.1, -0.05) is 12.1 Å². The summed E-state index contributed by atoms with van der Waals surface area (Å²) in [5.41, 5.74) is 2.06. The fourth-order valence-corrected chi connectivity index (χ4v) is 3.52. The van der Waals surface area contributed by atoms with E-state index in [2.05, 4.69) is 44.9 Å². The molecule has 1 amide bonds. The predicted octanol–water partition coefficient (Wildman–Crippen LogP) is 4.08. The lowest BCUT2D eigenvalue weighted by molar-refractivity contribution is -0.117. The van der Waals surface area contributed by atoms with Crippen LogP contribution in [0.25, 0.3) is 0 Å². The number of hydrogen-bond acceptors (Lipinski definition) is 3. The van der Waals surface area contributed by atoms with E-state index < -0.39 is 0 Å². The molecule has 1 heterocycles. The van der Waals surface area contributed by atoms with Crippen LogP contribution in [0.15, 0.2) is 48.5 Å². The maximum absolute atomic E-state index is 12.4. The molecule has 4 nitrogen and oxygen atoms in total. The van der Waals surface area contributed by atoms with E-state index in [1.807, 2.05) is 36.4 Å². The monoisotopic (exact) mass is 436 g/mol. The third-order valence-corrected chi connectivity index (χ3v) is 5.04. The highest BCUT2D eigenvalue weighted by atomic mass is 127. The standard InChI is InChI=1S/C19H21IN2O2/c1-24-17-5-2-4-14(12-17)18-6-3-11-22(18)13-19(23)21-16-9-7-15(20)8-10-16/h2,4-5,7-10,12,18H,3,6,11,13H2,1H3,(H,21,23)/t18-/m1/s1. The van der Waals surface area contributed by atoms with Crippen molar-refractivity contribution in [3.05, 3.63) is 57.7 Å². The van der Waals surface area contributed by atoms with Crippen LogP contribution >= 0.6 is 22.6 Å². The number of nitrogens with zero attached hydrogens (tertiary/aromatic N) is 1. The van der Waals surface area contributed by atoms with Gasteiger partial charge in [-0.3, -0.25) is 9.69 Å². The zero-order chi connectivity index (χ0) is 16.9. The highest BCUT2D eigenvalue weighted by Crippen LogP contribution is 2.33. The second-order valence-electron chi connectivity index (χ2n) is 5.96. The molecular weight excluding hydrogens is 415 g/mol. The Morgan fingerprint density at radius 1 is 1.29 bits per heavy atom. The van der Waals surface area contributed by atoms with E-state index in [4.69, 9.17) is 4.74 Å². The zero-order valence-corrected chi connectivity index (χ0v) is 15.8. The minimum atomic E-state index is 0.0333. The molecule has 0 aliphatic carbocycles. The maximum Gasteiger partial charge on any atom is 0.238 e. The van der Waals surface area contributed by atoms with Crippen molar-refractivity contribution in [1.82, 2.24) is 4.90 Å². The fraction of sp³-hybridized carbons (Fsp3) is 0.316. The van der Waals surface area contributed by atoms with E-state index in [9.17, 15) is 4.79 Å². The van der Waals surface area contributed by atoms with Gasteiger partial charge in [0.2, 0.25) is 5.91 Å². The minimum absolute atomic E-state index is 0.0333. The van der Waals surface area contributed by atoms with Gasteiger partial charge in [0.1, 0.15) is 5.75 Å². The van der Waals surface area contributed by atoms with E-state index in [-0.39, 0.29) is 11.9 Å². The molecule has 2 aromatic rings. The summed E-state index contributed by atoms with van der Waals surface area (Å²) < 4.78 is 6.48. The normalized spacial score (nSPS) is 17.7. The molecule has 1 fully saturated rings. The molecule has 1 atom stereocenters. The quantitative estimate of drug-likeness (QED) is 0.719. The molecule has 0 bridgehead atoms. The van der Waals surface area contributed by atoms with E-state index in [1.165, 1.54) is 5.56 Å². The summed E-state index contributed by atoms with van der Waals surface area (Å²) in [7, 11) is 1.68. The number of methoxy groups -OCH3 is 1. The Labute approximate surface area is 156 Å². The van der Waals surface area contributed by atoms with E-state index in [0.29, 0.717) is 6.54 Å². The van der Waals surface area contributed by atoms with Gasteiger partial charge in [-0.05, 0) is 83.9 Å². The molecule has 0 radical (unpaired) electrons. The lowest BCUT2D eigenvalue weighted by atomic mass is 10.0. The Bertz CT molecular complexity index is 703. The smallest absolute Gasteiger partial charge is 0.238 e. The van der Waals surface area contributed by atoms with Crippen molar-refractivity contribution < 1.29 is 9.53 Å². The number of halogens is 1. The van der Waals surface area contributed by atoms with Gasteiger partial charge < -0.3 is 10.1 Å². The molecule has 0 saturated carbocycles. The van der Waals surface area contributed by atoms with Crippen LogP contribution in [0.4, 0.5) is 5.69 Å². The van der Waals surface area contributed by atoms with E-state index in [0.717, 1.165) is 34.4 Å². The maximum atomic E-state index is 12.4. The number of amides is 1. The SMILES string of the molecule is COc1cccc([C@H]2CCCN2CC(=O)Nc2ccc(I)cc2)c1. The average Bonchev–Trinajstić information content (AvgIpc) is 3.05. The van der Waals surface area contributed by atoms with Gasteiger partial charge in [-0.15, -0.1) is 0 Å². The van der Waals surface area contributed by atoms with E-state index >= 15 is 0 Å². The van der Waals surface area contributed by atoms with Crippen LogP contribution < -0.4 is 10.1 Å². The van der Waals surface area contributed by atoms with Crippen LogP contribution in [0.5, 0.6) is 5.75 Å². The van der Waals surface area contributed by atoms with Crippen molar-refractivity contribution in [3.63, 3.8) is 0 Å². The fourth-order valence-electron chi connectivity index (χ4n) is 3.16. The van der Waals surface area contributed by atoms with Gasteiger partial charge in [0.15, 0.2) is 0 Å². The Morgan fingerprint density at radius 3 is 2.83 bits per heavy atom. The first kappa shape index (κ1) is 17.2. The summed E-state index contributed by atoms with van der Waals surface area (Å²) in [4.78, 5) is 14.6. The first-order valence-corrected chi connectivity index (χ1v) is 9.17. The molecule has 1 saturated heterocycles. The Hall–Kier alpha value is -1.60. The van der Waals surface area contributed by atoms with Crippen LogP contribution in [0.2, 0.25) is 0 Å². The lowest BCUT2D eigenvalue weighted by Gasteiger charge is -2.24. The molecule has 0 aromatic heterocycles. The molecule has 126 valence electrons. The molecule has 1 aliphatic rings. The summed E-state index contributed by atoms with van der Waals surface area (Å²) in [5, 5.41) is 2.98. The molecular formula is C19H21IN2O2. The van der Waals surface area contributed by atoms with E-state index in [1.54, 1.807) is 7.11 Å². The van der Waals surface area contributed by atoms with Gasteiger partial charge in [0.25, 0.3) is 0 Å². The van der Waals surface area contributed by atoms with Crippen molar-refractivity contribution in [2.75, 3.05) is 25.5 Å². The molecule has 0 unspecified atom stereocenters. The van der Waals surface area contributed by atoms with Crippen molar-refractivity contribution in [3.8, 4) is 5.75 Å². The number of carbonyl (C=O) groups is 1. The van der Waals surface area contributed by atoms with Gasteiger partial charge in [-0.2, -0.15) is 0 Å². The van der Waals surface area contributed by atoms with Crippen molar-refractivity contribution in [2.45, 2.75) is 18.9 Å². The highest BCUT2D eigenvalue weighted by Gasteiger charge is 2.27. The van der Waals surface area contributed by atoms with Crippen molar-refractivity contribution in [2.24, 2.45) is 0 Å². The number of nitrogens with one attached hydrogen (secondary N) is 1. The molecule has 24 heavy (non-hydrogen) atoms. The molecule has 5 heteroatoms. The van der Waals surface area contributed by atoms with Crippen LogP contribution in [0, 0.1) is 3.57 Å². The van der Waals surface area contributed by atoms with Gasteiger partial charge in [0.05, 0.1) is 13.7 Å². The van der Waals surface area contributed by atoms with Crippen molar-refractivity contribution >= 4 is 34.2 Å². The third-order valence-electron chi connectivity index (χ3n) is 4.32. The summed E-state index contributed by atoms with van der Waals surface area (Å²) >= 11 is 2.25. The van der Waals surface area contributed by atoms with Crippen LogP contribution in [0.1, 0.15) is 24.4 Å². The third kappa shape index (κ3) is 4.27. The Kier molecular flexibility index (Phi) is 5.73. The average molecular weight is 436 g/mol. The second kappa shape index (κ2) is 7.98. The van der Waals surface area contributed by atoms with Crippen LogP contribution in [-0.4, -0.2) is 31.0 Å². The highest BCUT2D eigenvalue weighted by molar-refractivity contribution is 14.1. The number of rotatable bonds is 5. The minimum Gasteiger partial charge on any atom is -0.497 e. The summed E-state index contributed by atoms with van der Waals surface area (Å²) in [6.45, 7) is 1.36.